The van der Waals surface area contributed by atoms with Crippen molar-refractivity contribution in [2.24, 2.45) is 0 Å². The van der Waals surface area contributed by atoms with Gasteiger partial charge in [0.05, 0.1) is 0 Å². The smallest absolute Gasteiger partial charge is 0.394 e. The zero-order valence-corrected chi connectivity index (χ0v) is 15.8. The van der Waals surface area contributed by atoms with Gasteiger partial charge in [-0.1, -0.05) is 0 Å². The van der Waals surface area contributed by atoms with Crippen molar-refractivity contribution in [1.29, 1.82) is 0 Å². The van der Waals surface area contributed by atoms with Gasteiger partial charge in [0.25, 0.3) is 0 Å². The summed E-state index contributed by atoms with van der Waals surface area (Å²) < 4.78 is 17.8. The van der Waals surface area contributed by atoms with Crippen LogP contribution in [-0.4, -0.2) is 35.2 Å². The second kappa shape index (κ2) is 6.97. The normalized spacial score (nSPS) is 13.2. The highest BCUT2D eigenvalue weighted by atomic mass is 28.5. The van der Waals surface area contributed by atoms with E-state index in [1.54, 1.807) is 11.4 Å². The lowest BCUT2D eigenvalue weighted by molar-refractivity contribution is 0.385. The van der Waals surface area contributed by atoms with Crippen LogP contribution >= 0.6 is 0 Å². The van der Waals surface area contributed by atoms with E-state index in [0.29, 0.717) is 0 Å². The minimum atomic E-state index is -1.59. The van der Waals surface area contributed by atoms with E-state index < -0.39 is 35.2 Å². The second-order valence-corrected chi connectivity index (χ2v) is 18.6. The van der Waals surface area contributed by atoms with Crippen molar-refractivity contribution < 1.29 is 12.3 Å². The summed E-state index contributed by atoms with van der Waals surface area (Å²) in [6.45, 7) is 20.4. The Morgan fingerprint density at radius 3 is 1.24 bits per heavy atom. The molecule has 0 fully saturated rings. The SMILES string of the molecule is C=C[Si](O[Si](C=C)O[Si](C)(C)C)O[Si](C)(C)C. The Kier molecular flexibility index (Phi) is 7.07. The monoisotopic (exact) mass is 304 g/mol. The Bertz CT molecular complexity index is 231. The molecular weight excluding hydrogens is 280 g/mol. The van der Waals surface area contributed by atoms with Crippen LogP contribution in [0.2, 0.25) is 39.3 Å². The van der Waals surface area contributed by atoms with Gasteiger partial charge in [0, 0.05) is 0 Å². The van der Waals surface area contributed by atoms with E-state index in [2.05, 4.69) is 52.4 Å². The zero-order valence-electron chi connectivity index (χ0n) is 11.8. The summed E-state index contributed by atoms with van der Waals surface area (Å²) in [5.74, 6) is 0. The highest BCUT2D eigenvalue weighted by molar-refractivity contribution is 6.81. The molecule has 0 heterocycles. The van der Waals surface area contributed by atoms with Crippen molar-refractivity contribution >= 4 is 35.2 Å². The van der Waals surface area contributed by atoms with Crippen molar-refractivity contribution in [2.45, 2.75) is 39.3 Å². The van der Waals surface area contributed by atoms with Crippen molar-refractivity contribution in [3.8, 4) is 0 Å². The topological polar surface area (TPSA) is 27.7 Å². The van der Waals surface area contributed by atoms with Gasteiger partial charge in [0.2, 0.25) is 0 Å². The van der Waals surface area contributed by atoms with Gasteiger partial charge < -0.3 is 12.3 Å². The van der Waals surface area contributed by atoms with E-state index in [4.69, 9.17) is 12.3 Å². The molecule has 0 aromatic rings. The standard InChI is InChI=1S/C10H24O3Si4/c1-9-14(12-16(3,4)5)11-15(10-2)13-17(6,7)8/h9-10H,1-2H2,3-8H3. The molecular formula is C10H24O3Si4. The molecule has 17 heavy (non-hydrogen) atoms. The molecule has 0 saturated heterocycles. The zero-order chi connectivity index (χ0) is 13.7. The molecule has 0 N–H and O–H groups in total. The molecule has 3 nitrogen and oxygen atoms in total. The lowest BCUT2D eigenvalue weighted by Crippen LogP contribution is -2.43. The third-order valence-corrected chi connectivity index (χ3v) is 10.1. The van der Waals surface area contributed by atoms with Gasteiger partial charge in [-0.05, 0) is 50.7 Å². The van der Waals surface area contributed by atoms with E-state index in [1.165, 1.54) is 0 Å². The van der Waals surface area contributed by atoms with E-state index >= 15 is 0 Å². The molecule has 0 bridgehead atoms. The number of hydrogen-bond acceptors (Lipinski definition) is 3. The lowest BCUT2D eigenvalue weighted by Gasteiger charge is -2.27. The van der Waals surface area contributed by atoms with Crippen molar-refractivity contribution in [2.75, 3.05) is 0 Å². The predicted molar refractivity (Wildman–Crippen MR) is 81.8 cm³/mol. The van der Waals surface area contributed by atoms with Crippen molar-refractivity contribution in [1.82, 2.24) is 0 Å². The summed E-state index contributed by atoms with van der Waals surface area (Å²) >= 11 is 0. The second-order valence-electron chi connectivity index (χ2n) is 5.58. The summed E-state index contributed by atoms with van der Waals surface area (Å²) in [6, 6.07) is 0. The van der Waals surface area contributed by atoms with Crippen LogP contribution in [0.15, 0.2) is 24.6 Å². The Balaban J connectivity index is 4.42. The third-order valence-electron chi connectivity index (χ3n) is 1.35. The molecule has 7 heteroatoms. The molecule has 98 valence electrons. The van der Waals surface area contributed by atoms with E-state index in [1.807, 2.05) is 0 Å². The summed E-state index contributed by atoms with van der Waals surface area (Å²) in [6.07, 6.45) is 0. The van der Waals surface area contributed by atoms with Gasteiger partial charge >= 0.3 is 18.6 Å². The molecule has 0 aromatic heterocycles. The first kappa shape index (κ1) is 17.2. The molecule has 2 radical (unpaired) electrons. The van der Waals surface area contributed by atoms with Gasteiger partial charge in [0.15, 0.2) is 16.6 Å². The fraction of sp³-hybridized carbons (Fsp3) is 0.600. The maximum absolute atomic E-state index is 5.95. The maximum atomic E-state index is 5.95. The van der Waals surface area contributed by atoms with Gasteiger partial charge in [-0.25, -0.2) is 0 Å². The molecule has 0 aliphatic carbocycles. The molecule has 0 atom stereocenters. The molecule has 0 aliphatic heterocycles. The summed E-state index contributed by atoms with van der Waals surface area (Å²) in [7, 11) is -6.04. The number of rotatable bonds is 8. The molecule has 0 amide bonds. The summed E-state index contributed by atoms with van der Waals surface area (Å²) in [5.41, 5.74) is 3.56. The molecule has 0 unspecified atom stereocenters. The minimum Gasteiger partial charge on any atom is -0.433 e. The maximum Gasteiger partial charge on any atom is 0.394 e. The quantitative estimate of drug-likeness (QED) is 0.645. The first-order valence-electron chi connectivity index (χ1n) is 5.62. The van der Waals surface area contributed by atoms with Crippen molar-refractivity contribution in [3.05, 3.63) is 24.6 Å². The lowest BCUT2D eigenvalue weighted by atomic mass is 11.3. The first-order chi connectivity index (χ1) is 7.57. The fourth-order valence-corrected chi connectivity index (χ4v) is 8.95. The summed E-state index contributed by atoms with van der Waals surface area (Å²) in [4.78, 5) is 0. The average molecular weight is 305 g/mol. The Hall–Kier alpha value is 0.228. The molecule has 0 rings (SSSR count). The molecule has 0 saturated carbocycles. The van der Waals surface area contributed by atoms with Crippen LogP contribution in [0.1, 0.15) is 0 Å². The van der Waals surface area contributed by atoms with E-state index in [9.17, 15) is 0 Å². The highest BCUT2D eigenvalue weighted by Crippen LogP contribution is 2.11. The van der Waals surface area contributed by atoms with Gasteiger partial charge in [-0.15, -0.1) is 13.2 Å². The number of hydrogen-bond donors (Lipinski definition) is 0. The first-order valence-corrected chi connectivity index (χ1v) is 15.2. The Morgan fingerprint density at radius 2 is 1.06 bits per heavy atom. The van der Waals surface area contributed by atoms with Crippen LogP contribution in [0.25, 0.3) is 0 Å². The average Bonchev–Trinajstić information content (AvgIpc) is 2.11. The fourth-order valence-electron chi connectivity index (χ4n) is 0.911. The van der Waals surface area contributed by atoms with Crippen LogP contribution < -0.4 is 0 Å². The van der Waals surface area contributed by atoms with Gasteiger partial charge in [-0.2, -0.15) is 0 Å². The third kappa shape index (κ3) is 9.89. The van der Waals surface area contributed by atoms with Crippen LogP contribution in [0.4, 0.5) is 0 Å². The van der Waals surface area contributed by atoms with Crippen LogP contribution in [0, 0.1) is 0 Å². The minimum absolute atomic E-state index is 1.43. The Labute approximate surface area is 111 Å². The van der Waals surface area contributed by atoms with E-state index in [-0.39, 0.29) is 0 Å². The Morgan fingerprint density at radius 1 is 0.765 bits per heavy atom. The molecule has 0 aliphatic rings. The van der Waals surface area contributed by atoms with Gasteiger partial charge in [-0.3, -0.25) is 0 Å². The molecule has 0 spiro atoms. The highest BCUT2D eigenvalue weighted by Gasteiger charge is 2.29. The van der Waals surface area contributed by atoms with Crippen LogP contribution in [-0.2, 0) is 12.3 Å². The predicted octanol–water partition coefficient (Wildman–Crippen LogP) is 3.13. The van der Waals surface area contributed by atoms with Crippen LogP contribution in [0.3, 0.4) is 0 Å². The molecule has 0 aromatic carbocycles. The van der Waals surface area contributed by atoms with E-state index in [0.717, 1.165) is 0 Å². The largest absolute Gasteiger partial charge is 0.433 e. The van der Waals surface area contributed by atoms with Gasteiger partial charge in [0.1, 0.15) is 0 Å². The van der Waals surface area contributed by atoms with Crippen LogP contribution in [0.5, 0.6) is 0 Å². The summed E-state index contributed by atoms with van der Waals surface area (Å²) in [5, 5.41) is 0. The van der Waals surface area contributed by atoms with Crippen molar-refractivity contribution in [3.63, 3.8) is 0 Å².